The van der Waals surface area contributed by atoms with Gasteiger partial charge in [-0.1, -0.05) is 32.3 Å². The van der Waals surface area contributed by atoms with Gasteiger partial charge in [-0.25, -0.2) is 0 Å². The van der Waals surface area contributed by atoms with Crippen LogP contribution in [0.1, 0.15) is 56.5 Å². The molecule has 21 heavy (non-hydrogen) atoms. The van der Waals surface area contributed by atoms with Crippen molar-refractivity contribution >= 4 is 17.2 Å². The second-order valence-corrected chi connectivity index (χ2v) is 8.10. The minimum absolute atomic E-state index is 0.120. The molecule has 3 unspecified atom stereocenters. The maximum Gasteiger partial charge on any atom is 0.244 e. The van der Waals surface area contributed by atoms with Crippen LogP contribution in [0.5, 0.6) is 0 Å². The first-order valence-corrected chi connectivity index (χ1v) is 9.20. The maximum atomic E-state index is 12.8. The molecule has 3 nitrogen and oxygen atoms in total. The lowest BCUT2D eigenvalue weighted by atomic mass is 9.80. The molecule has 1 amide bonds. The third-order valence-corrected chi connectivity index (χ3v) is 6.60. The van der Waals surface area contributed by atoms with Gasteiger partial charge in [0.05, 0.1) is 0 Å². The smallest absolute Gasteiger partial charge is 0.244 e. The Morgan fingerprint density at radius 2 is 2.19 bits per heavy atom. The average Bonchev–Trinajstić information content (AvgIpc) is 2.96. The van der Waals surface area contributed by atoms with Crippen LogP contribution in [0.25, 0.3) is 0 Å². The van der Waals surface area contributed by atoms with Gasteiger partial charge in [0.2, 0.25) is 5.91 Å². The van der Waals surface area contributed by atoms with Crippen LogP contribution in [-0.2, 0) is 4.79 Å². The van der Waals surface area contributed by atoms with Gasteiger partial charge in [0.25, 0.3) is 0 Å². The Morgan fingerprint density at radius 1 is 1.38 bits per heavy atom. The molecular weight excluding hydrogens is 280 g/mol. The first-order valence-electron chi connectivity index (χ1n) is 8.32. The molecule has 1 spiro atoms. The number of nitrogens with one attached hydrogen (secondary N) is 1. The van der Waals surface area contributed by atoms with E-state index < -0.39 is 0 Å². The van der Waals surface area contributed by atoms with Crippen LogP contribution < -0.4 is 5.32 Å². The zero-order chi connectivity index (χ0) is 14.4. The highest BCUT2D eigenvalue weighted by Gasteiger charge is 2.59. The first kappa shape index (κ1) is 13.8. The van der Waals surface area contributed by atoms with Crippen LogP contribution in [0.15, 0.2) is 17.5 Å². The summed E-state index contributed by atoms with van der Waals surface area (Å²) in [5.41, 5.74) is -0.202. The highest BCUT2D eigenvalue weighted by molar-refractivity contribution is 7.10. The van der Waals surface area contributed by atoms with E-state index in [2.05, 4.69) is 34.7 Å². The summed E-state index contributed by atoms with van der Waals surface area (Å²) in [5, 5.41) is 5.75. The fraction of sp³-hybridized carbons (Fsp3) is 0.706. The molecule has 3 aliphatic rings. The highest BCUT2D eigenvalue weighted by Crippen LogP contribution is 2.47. The summed E-state index contributed by atoms with van der Waals surface area (Å²) in [6.45, 7) is 3.31. The Bertz CT molecular complexity index is 523. The summed E-state index contributed by atoms with van der Waals surface area (Å²) in [7, 11) is 0. The fourth-order valence-corrected chi connectivity index (χ4v) is 4.84. The van der Waals surface area contributed by atoms with E-state index in [-0.39, 0.29) is 11.7 Å². The number of nitrogens with zero attached hydrogens (tertiary/aromatic N) is 1. The van der Waals surface area contributed by atoms with E-state index in [0.717, 1.165) is 25.3 Å². The number of carbonyl (C=O) groups excluding carboxylic acids is 1. The van der Waals surface area contributed by atoms with Crippen LogP contribution in [0.4, 0.5) is 0 Å². The number of hydrogen-bond acceptors (Lipinski definition) is 3. The third-order valence-electron chi connectivity index (χ3n) is 5.68. The highest BCUT2D eigenvalue weighted by atomic mass is 32.1. The van der Waals surface area contributed by atoms with Crippen LogP contribution in [0.2, 0.25) is 0 Å². The number of rotatable bonds is 3. The summed E-state index contributed by atoms with van der Waals surface area (Å²) in [6, 6.07) is 4.25. The molecule has 3 atom stereocenters. The van der Waals surface area contributed by atoms with Crippen molar-refractivity contribution in [1.82, 2.24) is 10.2 Å². The standard InChI is InChI=1S/C17H24N2OS/c1-12-5-2-3-6-13(12)11-19-15(14-7-4-10-21-14)18-17(8-9-17)16(19)20/h4,7,10,12-13,15,18H,2-3,5-6,8-9,11H2,1H3. The molecule has 114 valence electrons. The predicted octanol–water partition coefficient (Wildman–Crippen LogP) is 3.54. The summed E-state index contributed by atoms with van der Waals surface area (Å²) in [5.74, 6) is 1.80. The van der Waals surface area contributed by atoms with Crippen molar-refractivity contribution in [2.75, 3.05) is 6.54 Å². The molecule has 1 aliphatic heterocycles. The molecule has 3 fully saturated rings. The summed E-state index contributed by atoms with van der Waals surface area (Å²) >= 11 is 1.76. The van der Waals surface area contributed by atoms with Gasteiger partial charge in [-0.2, -0.15) is 0 Å². The van der Waals surface area contributed by atoms with Gasteiger partial charge in [-0.05, 0) is 42.5 Å². The van der Waals surface area contributed by atoms with Crippen molar-refractivity contribution < 1.29 is 4.79 Å². The summed E-state index contributed by atoms with van der Waals surface area (Å²) < 4.78 is 0. The van der Waals surface area contributed by atoms with E-state index in [1.54, 1.807) is 11.3 Å². The van der Waals surface area contributed by atoms with E-state index in [9.17, 15) is 4.79 Å². The van der Waals surface area contributed by atoms with E-state index in [0.29, 0.717) is 11.8 Å². The molecule has 1 N–H and O–H groups in total. The number of carbonyl (C=O) groups is 1. The first-order chi connectivity index (χ1) is 10.2. The molecule has 0 aromatic carbocycles. The van der Waals surface area contributed by atoms with E-state index in [4.69, 9.17) is 0 Å². The van der Waals surface area contributed by atoms with Gasteiger partial charge in [0, 0.05) is 11.4 Å². The molecule has 4 rings (SSSR count). The van der Waals surface area contributed by atoms with Gasteiger partial charge >= 0.3 is 0 Å². The molecule has 2 heterocycles. The van der Waals surface area contributed by atoms with Crippen LogP contribution in [-0.4, -0.2) is 22.9 Å². The Balaban J connectivity index is 1.56. The van der Waals surface area contributed by atoms with Gasteiger partial charge < -0.3 is 4.90 Å². The lowest BCUT2D eigenvalue weighted by molar-refractivity contribution is -0.131. The third kappa shape index (κ3) is 2.33. The molecule has 2 aliphatic carbocycles. The quantitative estimate of drug-likeness (QED) is 0.926. The normalized spacial score (nSPS) is 34.6. The number of thiophene rings is 1. The minimum Gasteiger partial charge on any atom is -0.320 e. The molecule has 0 radical (unpaired) electrons. The monoisotopic (exact) mass is 304 g/mol. The van der Waals surface area contributed by atoms with Crippen molar-refractivity contribution in [3.63, 3.8) is 0 Å². The predicted molar refractivity (Wildman–Crippen MR) is 85.0 cm³/mol. The Labute approximate surface area is 130 Å². The van der Waals surface area contributed by atoms with E-state index >= 15 is 0 Å². The van der Waals surface area contributed by atoms with E-state index in [1.807, 2.05) is 0 Å². The SMILES string of the molecule is CC1CCCCC1CN1C(=O)C2(CC2)NC1c1cccs1. The summed E-state index contributed by atoms with van der Waals surface area (Å²) in [4.78, 5) is 16.3. The van der Waals surface area contributed by atoms with Crippen molar-refractivity contribution in [1.29, 1.82) is 0 Å². The molecule has 2 saturated carbocycles. The van der Waals surface area contributed by atoms with Gasteiger partial charge in [-0.3, -0.25) is 10.1 Å². The zero-order valence-electron chi connectivity index (χ0n) is 12.7. The minimum atomic E-state index is -0.202. The molecule has 1 aromatic heterocycles. The molecule has 4 heteroatoms. The molecule has 0 bridgehead atoms. The second-order valence-electron chi connectivity index (χ2n) is 7.12. The van der Waals surface area contributed by atoms with Crippen LogP contribution in [0, 0.1) is 11.8 Å². The Morgan fingerprint density at radius 3 is 2.86 bits per heavy atom. The van der Waals surface area contributed by atoms with Gasteiger partial charge in [0.1, 0.15) is 11.7 Å². The van der Waals surface area contributed by atoms with E-state index in [1.165, 1.54) is 30.6 Å². The van der Waals surface area contributed by atoms with Crippen molar-refractivity contribution in [2.24, 2.45) is 11.8 Å². The van der Waals surface area contributed by atoms with Gasteiger partial charge in [-0.15, -0.1) is 11.3 Å². The maximum absolute atomic E-state index is 12.8. The van der Waals surface area contributed by atoms with Crippen LogP contribution in [0.3, 0.4) is 0 Å². The Kier molecular flexibility index (Phi) is 3.34. The van der Waals surface area contributed by atoms with Crippen molar-refractivity contribution in [3.05, 3.63) is 22.4 Å². The molecular formula is C17H24N2OS. The van der Waals surface area contributed by atoms with Gasteiger partial charge in [0.15, 0.2) is 0 Å². The molecule has 1 aromatic rings. The average molecular weight is 304 g/mol. The number of amides is 1. The second kappa shape index (κ2) is 5.10. The zero-order valence-corrected chi connectivity index (χ0v) is 13.5. The van der Waals surface area contributed by atoms with Crippen LogP contribution >= 0.6 is 11.3 Å². The lowest BCUT2D eigenvalue weighted by Crippen LogP contribution is -2.38. The topological polar surface area (TPSA) is 32.3 Å². The van der Waals surface area contributed by atoms with Crippen molar-refractivity contribution in [2.45, 2.75) is 57.2 Å². The molecule has 1 saturated heterocycles. The fourth-order valence-electron chi connectivity index (χ4n) is 4.05. The largest absolute Gasteiger partial charge is 0.320 e. The lowest BCUT2D eigenvalue weighted by Gasteiger charge is -2.34. The number of hydrogen-bond donors (Lipinski definition) is 1. The van der Waals surface area contributed by atoms with Crippen molar-refractivity contribution in [3.8, 4) is 0 Å². The Hall–Kier alpha value is -0.870. The summed E-state index contributed by atoms with van der Waals surface area (Å²) in [6.07, 6.45) is 7.47.